The highest BCUT2D eigenvalue weighted by Crippen LogP contribution is 2.53. The number of carbonyl (C=O) groups is 2. The van der Waals surface area contributed by atoms with E-state index in [0.29, 0.717) is 18.4 Å². The highest BCUT2D eigenvalue weighted by atomic mass is 19.1. The molecule has 1 aromatic carbocycles. The van der Waals surface area contributed by atoms with E-state index in [-0.39, 0.29) is 47.8 Å². The first-order valence-corrected chi connectivity index (χ1v) is 13.0. The largest absolute Gasteiger partial charge is 0.462 e. The Kier molecular flexibility index (Phi) is 7.08. The molecule has 7 heteroatoms. The molecule has 1 aromatic heterocycles. The molecule has 1 aliphatic heterocycles. The van der Waals surface area contributed by atoms with Crippen molar-refractivity contribution in [3.8, 4) is 11.1 Å². The van der Waals surface area contributed by atoms with Gasteiger partial charge in [-0.2, -0.15) is 0 Å². The fourth-order valence-electron chi connectivity index (χ4n) is 6.64. The highest BCUT2D eigenvalue weighted by molar-refractivity contribution is 5.75. The van der Waals surface area contributed by atoms with Crippen molar-refractivity contribution in [2.75, 3.05) is 6.61 Å². The first kappa shape index (κ1) is 24.5. The van der Waals surface area contributed by atoms with E-state index in [1.807, 2.05) is 31.2 Å². The fourth-order valence-corrected chi connectivity index (χ4v) is 6.64. The number of rotatable bonds is 5. The lowest BCUT2D eigenvalue weighted by Crippen LogP contribution is -2.48. The van der Waals surface area contributed by atoms with Crippen molar-refractivity contribution in [2.45, 2.75) is 51.7 Å². The van der Waals surface area contributed by atoms with Gasteiger partial charge in [-0.05, 0) is 87.1 Å². The molecule has 3 fully saturated rings. The van der Waals surface area contributed by atoms with Gasteiger partial charge in [-0.15, -0.1) is 0 Å². The zero-order chi connectivity index (χ0) is 25.2. The van der Waals surface area contributed by atoms with E-state index in [1.165, 1.54) is 12.1 Å². The van der Waals surface area contributed by atoms with Gasteiger partial charge in [0.1, 0.15) is 11.9 Å². The number of fused-ring (bicyclic) bond motifs is 2. The smallest absolute Gasteiger partial charge is 0.407 e. The van der Waals surface area contributed by atoms with Gasteiger partial charge in [-0.3, -0.25) is 9.78 Å². The predicted molar refractivity (Wildman–Crippen MR) is 134 cm³/mol. The molecule has 0 spiro atoms. The Morgan fingerprint density at radius 3 is 2.83 bits per heavy atom. The lowest BCUT2D eigenvalue weighted by molar-refractivity contribution is -0.144. The van der Waals surface area contributed by atoms with E-state index in [1.54, 1.807) is 19.2 Å². The lowest BCUT2D eigenvalue weighted by atomic mass is 9.57. The maximum Gasteiger partial charge on any atom is 0.407 e. The molecular weight excluding hydrogens is 459 g/mol. The number of alkyl carbamates (subject to hydrolysis) is 1. The summed E-state index contributed by atoms with van der Waals surface area (Å²) in [6.07, 6.45) is 9.07. The Balaban J connectivity index is 1.34. The summed E-state index contributed by atoms with van der Waals surface area (Å²) in [6, 6.07) is 10.4. The number of cyclic esters (lactones) is 1. The van der Waals surface area contributed by atoms with Crippen LogP contribution in [0.25, 0.3) is 17.2 Å². The van der Waals surface area contributed by atoms with Crippen LogP contribution in [0.1, 0.15) is 45.2 Å². The number of hydrogen-bond donors (Lipinski definition) is 1. The molecule has 2 aliphatic carbocycles. The Hall–Kier alpha value is -3.22. The Morgan fingerprint density at radius 1 is 1.22 bits per heavy atom. The van der Waals surface area contributed by atoms with E-state index in [4.69, 9.17) is 9.47 Å². The Labute approximate surface area is 211 Å². The van der Waals surface area contributed by atoms with Crippen molar-refractivity contribution in [1.29, 1.82) is 0 Å². The standard InChI is InChI=1S/C29H33FN2O4/c1-3-35-29(34)32-23-10-11-24-20(14-23)15-26-27(17(2)36-28(26)33)25(24)12-9-22-8-7-19(16-31-22)18-5-4-6-21(30)13-18/h4-9,12-13,16-17,20,23-27H,3,10-11,14-15H2,1-2H3,(H,32,34)/t17-,20-,23-,24+,25-,26-,27-/m1/s1. The predicted octanol–water partition coefficient (Wildman–Crippen LogP) is 5.63. The summed E-state index contributed by atoms with van der Waals surface area (Å²) in [7, 11) is 0. The maximum atomic E-state index is 13.6. The van der Waals surface area contributed by atoms with Gasteiger partial charge in [0.25, 0.3) is 0 Å². The van der Waals surface area contributed by atoms with Crippen molar-refractivity contribution in [1.82, 2.24) is 10.3 Å². The number of ether oxygens (including phenoxy) is 2. The van der Waals surface area contributed by atoms with Gasteiger partial charge in [-0.25, -0.2) is 9.18 Å². The first-order chi connectivity index (χ1) is 17.4. The van der Waals surface area contributed by atoms with E-state index in [2.05, 4.69) is 16.4 Å². The number of allylic oxidation sites excluding steroid dienone is 1. The second kappa shape index (κ2) is 10.4. The molecular formula is C29H33FN2O4. The van der Waals surface area contributed by atoms with Gasteiger partial charge in [0.2, 0.25) is 0 Å². The number of pyridine rings is 1. The zero-order valence-corrected chi connectivity index (χ0v) is 20.7. The summed E-state index contributed by atoms with van der Waals surface area (Å²) in [6.45, 7) is 4.15. The second-order valence-electron chi connectivity index (χ2n) is 10.3. The number of benzene rings is 1. The van der Waals surface area contributed by atoms with Crippen LogP contribution >= 0.6 is 0 Å². The quantitative estimate of drug-likeness (QED) is 0.548. The molecule has 7 atom stereocenters. The Morgan fingerprint density at radius 2 is 2.08 bits per heavy atom. The minimum atomic E-state index is -0.368. The highest BCUT2D eigenvalue weighted by Gasteiger charge is 2.54. The maximum absolute atomic E-state index is 13.6. The van der Waals surface area contributed by atoms with E-state index in [9.17, 15) is 14.0 Å². The molecule has 1 saturated heterocycles. The van der Waals surface area contributed by atoms with E-state index in [0.717, 1.165) is 42.5 Å². The third-order valence-corrected chi connectivity index (χ3v) is 8.18. The number of nitrogens with zero attached hydrogens (tertiary/aromatic N) is 1. The van der Waals surface area contributed by atoms with Gasteiger partial charge >= 0.3 is 12.1 Å². The number of halogens is 1. The molecule has 2 heterocycles. The summed E-state index contributed by atoms with van der Waals surface area (Å²) < 4.78 is 24.3. The third kappa shape index (κ3) is 5.01. The van der Waals surface area contributed by atoms with Crippen LogP contribution in [0.5, 0.6) is 0 Å². The van der Waals surface area contributed by atoms with Gasteiger partial charge in [0, 0.05) is 23.7 Å². The topological polar surface area (TPSA) is 77.5 Å². The number of carbonyl (C=O) groups excluding carboxylic acids is 2. The van der Waals surface area contributed by atoms with Crippen molar-refractivity contribution in [2.24, 2.45) is 29.6 Å². The molecule has 190 valence electrons. The number of amides is 1. The van der Waals surface area contributed by atoms with Crippen LogP contribution in [-0.2, 0) is 14.3 Å². The van der Waals surface area contributed by atoms with Crippen LogP contribution in [0.3, 0.4) is 0 Å². The normalized spacial score (nSPS) is 31.4. The van der Waals surface area contributed by atoms with Crippen LogP contribution < -0.4 is 5.32 Å². The van der Waals surface area contributed by atoms with E-state index >= 15 is 0 Å². The van der Waals surface area contributed by atoms with Gasteiger partial charge in [-0.1, -0.05) is 24.3 Å². The van der Waals surface area contributed by atoms with Gasteiger partial charge in [0.15, 0.2) is 0 Å². The van der Waals surface area contributed by atoms with Crippen molar-refractivity contribution >= 4 is 18.1 Å². The SMILES string of the molecule is CCOC(=O)N[C@@H]1CC[C@H]2[C@H](C1)C[C@H]1C(=O)O[C@H](C)[C@@H]1[C@@H]2C=Cc1ccc(-c2cccc(F)c2)cn1. The Bertz CT molecular complexity index is 1130. The minimum Gasteiger partial charge on any atom is -0.462 e. The number of aromatic nitrogens is 1. The fraction of sp³-hybridized carbons (Fsp3) is 0.483. The third-order valence-electron chi connectivity index (χ3n) is 8.18. The number of hydrogen-bond acceptors (Lipinski definition) is 5. The van der Waals surface area contributed by atoms with Crippen LogP contribution in [0.2, 0.25) is 0 Å². The molecule has 36 heavy (non-hydrogen) atoms. The summed E-state index contributed by atoms with van der Waals surface area (Å²) in [5, 5.41) is 3.00. The van der Waals surface area contributed by atoms with Crippen LogP contribution in [-0.4, -0.2) is 35.8 Å². The molecule has 3 aliphatic rings. The summed E-state index contributed by atoms with van der Waals surface area (Å²) >= 11 is 0. The average Bonchev–Trinajstić information content (AvgIpc) is 3.15. The molecule has 5 rings (SSSR count). The molecule has 0 unspecified atom stereocenters. The molecule has 1 N–H and O–H groups in total. The van der Waals surface area contributed by atoms with Crippen LogP contribution in [0.4, 0.5) is 9.18 Å². The second-order valence-corrected chi connectivity index (χ2v) is 10.3. The zero-order valence-electron chi connectivity index (χ0n) is 20.7. The van der Waals surface area contributed by atoms with Crippen molar-refractivity contribution < 1.29 is 23.5 Å². The summed E-state index contributed by atoms with van der Waals surface area (Å²) in [4.78, 5) is 29.2. The lowest BCUT2D eigenvalue weighted by Gasteiger charge is -2.47. The van der Waals surface area contributed by atoms with Crippen LogP contribution in [0.15, 0.2) is 48.7 Å². The average molecular weight is 493 g/mol. The number of nitrogens with one attached hydrogen (secondary N) is 1. The van der Waals surface area contributed by atoms with Crippen molar-refractivity contribution in [3.63, 3.8) is 0 Å². The first-order valence-electron chi connectivity index (χ1n) is 13.0. The molecule has 0 bridgehead atoms. The number of esters is 1. The van der Waals surface area contributed by atoms with E-state index < -0.39 is 0 Å². The molecule has 2 saturated carbocycles. The molecule has 0 radical (unpaired) electrons. The summed E-state index contributed by atoms with van der Waals surface area (Å²) in [5.74, 6) is 0.629. The van der Waals surface area contributed by atoms with Crippen molar-refractivity contribution in [3.05, 3.63) is 60.2 Å². The monoisotopic (exact) mass is 492 g/mol. The molecule has 6 nitrogen and oxygen atoms in total. The minimum absolute atomic E-state index is 0.0679. The molecule has 1 amide bonds. The van der Waals surface area contributed by atoms with Gasteiger partial charge < -0.3 is 14.8 Å². The van der Waals surface area contributed by atoms with Crippen LogP contribution in [0, 0.1) is 35.4 Å². The van der Waals surface area contributed by atoms with Gasteiger partial charge in [0.05, 0.1) is 18.2 Å². The summed E-state index contributed by atoms with van der Waals surface area (Å²) in [5.41, 5.74) is 2.48. The molecule has 2 aromatic rings.